The number of likely N-dealkylation sites (tertiary alicyclic amines) is 1. The highest BCUT2D eigenvalue weighted by atomic mass is 16.2. The van der Waals surface area contributed by atoms with Crippen LogP contribution in [-0.2, 0) is 4.79 Å². The summed E-state index contributed by atoms with van der Waals surface area (Å²) in [6.45, 7) is 6.28. The zero-order valence-corrected chi connectivity index (χ0v) is 16.3. The zero-order chi connectivity index (χ0) is 18.4. The van der Waals surface area contributed by atoms with Gasteiger partial charge in [-0.25, -0.2) is 0 Å². The first-order valence-electron chi connectivity index (χ1n) is 10.9. The highest BCUT2D eigenvalue weighted by molar-refractivity contribution is 5.81. The molecule has 5 aliphatic rings. The molecule has 0 saturated carbocycles. The average Bonchev–Trinajstić information content (AvgIpc) is 3.35. The number of piperidine rings is 3. The number of carbonyl (C=O) groups excluding carboxylic acids is 1. The maximum absolute atomic E-state index is 13.7. The van der Waals surface area contributed by atoms with Gasteiger partial charge in [0.1, 0.15) is 0 Å². The van der Waals surface area contributed by atoms with E-state index in [1.807, 2.05) is 0 Å². The largest absolute Gasteiger partial charge is 0.337 e. The second kappa shape index (κ2) is 7.19. The minimum atomic E-state index is 0.0792. The van der Waals surface area contributed by atoms with Crippen molar-refractivity contribution in [2.45, 2.75) is 56.7 Å². The molecule has 5 atom stereocenters. The lowest BCUT2D eigenvalue weighted by molar-refractivity contribution is -0.140. The lowest BCUT2D eigenvalue weighted by Crippen LogP contribution is -2.61. The fourth-order valence-corrected chi connectivity index (χ4v) is 6.27. The van der Waals surface area contributed by atoms with Crippen LogP contribution in [0.5, 0.6) is 0 Å². The number of amides is 1. The van der Waals surface area contributed by atoms with E-state index < -0.39 is 0 Å². The summed E-state index contributed by atoms with van der Waals surface area (Å²) >= 11 is 0. The first-order valence-corrected chi connectivity index (χ1v) is 10.9. The minimum absolute atomic E-state index is 0.0792. The van der Waals surface area contributed by atoms with E-state index in [9.17, 15) is 4.79 Å². The van der Waals surface area contributed by atoms with E-state index in [0.717, 1.165) is 25.9 Å². The standard InChI is InChI=1S/C22H32N4O/c1-2-6-19-17(13-23-24-19)22(27)26-14-18(15-7-4-3-5-8-15)21-20(26)16-9-11-25(21)12-10-16/h3-5,7-8,16-21,23-24H,2,6,9-14H2,1H3/t17?,18-,19?,20-,21-/m1/s1. The van der Waals surface area contributed by atoms with Gasteiger partial charge in [-0.3, -0.25) is 20.5 Å². The van der Waals surface area contributed by atoms with Gasteiger partial charge in [0.2, 0.25) is 5.91 Å². The number of fused-ring (bicyclic) bond motifs is 2. The SMILES string of the molecule is CCCC1NNCC1C(=O)N1C[C@H](c2ccccc2)[C@@H]2[C@H]1C1CCN2CC1. The average molecular weight is 369 g/mol. The molecule has 5 fully saturated rings. The number of hydrogen-bond acceptors (Lipinski definition) is 4. The van der Waals surface area contributed by atoms with Crippen LogP contribution in [0.3, 0.4) is 0 Å². The van der Waals surface area contributed by atoms with Crippen molar-refractivity contribution in [3.05, 3.63) is 35.9 Å². The van der Waals surface area contributed by atoms with Gasteiger partial charge in [-0.2, -0.15) is 0 Å². The van der Waals surface area contributed by atoms with Crippen LogP contribution in [0.2, 0.25) is 0 Å². The Morgan fingerprint density at radius 3 is 2.67 bits per heavy atom. The molecule has 5 saturated heterocycles. The van der Waals surface area contributed by atoms with Gasteiger partial charge in [0.05, 0.1) is 12.0 Å². The summed E-state index contributed by atoms with van der Waals surface area (Å²) in [5.41, 5.74) is 8.01. The molecule has 2 bridgehead atoms. The van der Waals surface area contributed by atoms with Crippen molar-refractivity contribution in [1.82, 2.24) is 20.7 Å². The van der Waals surface area contributed by atoms with E-state index in [2.05, 4.69) is 57.9 Å². The molecule has 2 unspecified atom stereocenters. The Bertz CT molecular complexity index is 672. The third-order valence-corrected chi connectivity index (χ3v) is 7.52. The maximum Gasteiger partial charge on any atom is 0.228 e. The number of nitrogens with zero attached hydrogens (tertiary/aromatic N) is 2. The van der Waals surface area contributed by atoms with Crippen LogP contribution in [0, 0.1) is 11.8 Å². The fourth-order valence-electron chi connectivity index (χ4n) is 6.27. The van der Waals surface area contributed by atoms with Crippen LogP contribution in [0.25, 0.3) is 0 Å². The van der Waals surface area contributed by atoms with Crippen molar-refractivity contribution < 1.29 is 4.79 Å². The Hall–Kier alpha value is -1.43. The van der Waals surface area contributed by atoms with Gasteiger partial charge in [-0.1, -0.05) is 43.7 Å². The summed E-state index contributed by atoms with van der Waals surface area (Å²) in [5.74, 6) is 1.60. The number of hydrazine groups is 1. The van der Waals surface area contributed by atoms with Gasteiger partial charge >= 0.3 is 0 Å². The van der Waals surface area contributed by atoms with Crippen LogP contribution >= 0.6 is 0 Å². The highest BCUT2D eigenvalue weighted by Crippen LogP contribution is 2.47. The highest BCUT2D eigenvalue weighted by Gasteiger charge is 2.55. The van der Waals surface area contributed by atoms with Gasteiger partial charge in [0, 0.05) is 31.1 Å². The topological polar surface area (TPSA) is 47.6 Å². The molecule has 6 rings (SSSR count). The summed E-state index contributed by atoms with van der Waals surface area (Å²) in [4.78, 5) is 18.7. The second-order valence-electron chi connectivity index (χ2n) is 8.89. The molecule has 5 aliphatic heterocycles. The van der Waals surface area contributed by atoms with E-state index in [1.54, 1.807) is 0 Å². The van der Waals surface area contributed by atoms with Crippen molar-refractivity contribution in [2.24, 2.45) is 11.8 Å². The third kappa shape index (κ3) is 2.91. The molecule has 0 aliphatic carbocycles. The summed E-state index contributed by atoms with van der Waals surface area (Å²) < 4.78 is 0. The second-order valence-corrected chi connectivity index (χ2v) is 8.89. The Balaban J connectivity index is 1.45. The van der Waals surface area contributed by atoms with Crippen LogP contribution < -0.4 is 10.9 Å². The van der Waals surface area contributed by atoms with Crippen LogP contribution in [0.4, 0.5) is 0 Å². The van der Waals surface area contributed by atoms with Gasteiger partial charge < -0.3 is 4.90 Å². The minimum Gasteiger partial charge on any atom is -0.337 e. The molecule has 146 valence electrons. The third-order valence-electron chi connectivity index (χ3n) is 7.52. The molecule has 1 aromatic carbocycles. The Labute approximate surface area is 162 Å². The normalized spacial score (nSPS) is 40.3. The van der Waals surface area contributed by atoms with Gasteiger partial charge in [-0.05, 0) is 43.8 Å². The van der Waals surface area contributed by atoms with Gasteiger partial charge in [0.15, 0.2) is 0 Å². The maximum atomic E-state index is 13.7. The number of nitrogens with one attached hydrogen (secondary N) is 2. The first kappa shape index (κ1) is 17.7. The lowest BCUT2D eigenvalue weighted by Gasteiger charge is -2.51. The fraction of sp³-hybridized carbons (Fsp3) is 0.682. The van der Waals surface area contributed by atoms with Crippen molar-refractivity contribution in [1.29, 1.82) is 0 Å². The van der Waals surface area contributed by atoms with E-state index in [-0.39, 0.29) is 12.0 Å². The summed E-state index contributed by atoms with van der Waals surface area (Å²) in [5, 5.41) is 0. The lowest BCUT2D eigenvalue weighted by atomic mass is 9.75. The van der Waals surface area contributed by atoms with Crippen molar-refractivity contribution >= 4 is 5.91 Å². The summed E-state index contributed by atoms with van der Waals surface area (Å²) in [7, 11) is 0. The van der Waals surface area contributed by atoms with E-state index in [1.165, 1.54) is 31.5 Å². The zero-order valence-electron chi connectivity index (χ0n) is 16.3. The predicted molar refractivity (Wildman–Crippen MR) is 106 cm³/mol. The Morgan fingerprint density at radius 2 is 1.93 bits per heavy atom. The number of carbonyl (C=O) groups is 1. The van der Waals surface area contributed by atoms with Crippen molar-refractivity contribution in [3.63, 3.8) is 0 Å². The molecule has 5 heteroatoms. The van der Waals surface area contributed by atoms with Gasteiger partial charge in [0.25, 0.3) is 0 Å². The van der Waals surface area contributed by atoms with Crippen LogP contribution in [0.1, 0.15) is 44.1 Å². The number of benzene rings is 1. The Morgan fingerprint density at radius 1 is 1.15 bits per heavy atom. The molecule has 0 aromatic heterocycles. The molecule has 1 aromatic rings. The van der Waals surface area contributed by atoms with E-state index in [4.69, 9.17) is 0 Å². The predicted octanol–water partition coefficient (Wildman–Crippen LogP) is 1.97. The molecule has 5 nitrogen and oxygen atoms in total. The molecule has 1 amide bonds. The Kier molecular flexibility index (Phi) is 4.70. The number of rotatable bonds is 4. The molecule has 0 radical (unpaired) electrons. The quantitative estimate of drug-likeness (QED) is 0.853. The van der Waals surface area contributed by atoms with Crippen LogP contribution in [0.15, 0.2) is 30.3 Å². The molecule has 27 heavy (non-hydrogen) atoms. The van der Waals surface area contributed by atoms with E-state index >= 15 is 0 Å². The molecular weight excluding hydrogens is 336 g/mol. The monoisotopic (exact) mass is 368 g/mol. The molecule has 5 heterocycles. The van der Waals surface area contributed by atoms with E-state index in [0.29, 0.717) is 29.8 Å². The first-order chi connectivity index (χ1) is 13.3. The number of hydrogen-bond donors (Lipinski definition) is 2. The van der Waals surface area contributed by atoms with Gasteiger partial charge in [-0.15, -0.1) is 0 Å². The van der Waals surface area contributed by atoms with Crippen LogP contribution in [-0.4, -0.2) is 60.0 Å². The molecular formula is C22H32N4O. The summed E-state index contributed by atoms with van der Waals surface area (Å²) in [6.07, 6.45) is 4.68. The smallest absolute Gasteiger partial charge is 0.228 e. The van der Waals surface area contributed by atoms with Crippen molar-refractivity contribution in [2.75, 3.05) is 26.2 Å². The molecule has 0 spiro atoms. The van der Waals surface area contributed by atoms with Crippen molar-refractivity contribution in [3.8, 4) is 0 Å². The summed E-state index contributed by atoms with van der Waals surface area (Å²) in [6, 6.07) is 12.1. The molecule has 2 N–H and O–H groups in total.